The number of fused-ring (bicyclic) bond motifs is 2. The van der Waals surface area contributed by atoms with Crippen molar-refractivity contribution >= 4 is 45.5 Å². The van der Waals surface area contributed by atoms with Crippen molar-refractivity contribution in [2.75, 3.05) is 0 Å². The second kappa shape index (κ2) is 9.79. The number of aryl methyl sites for hydroxylation is 1. The van der Waals surface area contributed by atoms with Gasteiger partial charge < -0.3 is 4.42 Å². The van der Waals surface area contributed by atoms with Gasteiger partial charge in [-0.15, -0.1) is 0 Å². The Labute approximate surface area is 213 Å². The monoisotopic (exact) mass is 516 g/mol. The molecule has 1 amide bonds. The SMILES string of the molecule is Cc1cc2occ(/C=N/NC(=O)Cn3nc(-c4ccc(F)cc4)c4ccccc4c3=O)c(=O)c2cc1Cl. The van der Waals surface area contributed by atoms with E-state index in [-0.39, 0.29) is 16.4 Å². The molecule has 2 aromatic heterocycles. The maximum Gasteiger partial charge on any atom is 0.275 e. The third kappa shape index (κ3) is 4.76. The zero-order chi connectivity index (χ0) is 26.1. The van der Waals surface area contributed by atoms with Crippen molar-refractivity contribution in [1.29, 1.82) is 0 Å². The van der Waals surface area contributed by atoms with Crippen LogP contribution >= 0.6 is 11.6 Å². The molecular formula is C27H18ClFN4O4. The molecule has 0 aliphatic heterocycles. The molecule has 0 aliphatic carbocycles. The molecule has 1 N–H and O–H groups in total. The minimum absolute atomic E-state index is 0.104. The van der Waals surface area contributed by atoms with E-state index in [1.807, 2.05) is 0 Å². The summed E-state index contributed by atoms with van der Waals surface area (Å²) >= 11 is 6.12. The van der Waals surface area contributed by atoms with Crippen LogP contribution in [0.25, 0.3) is 33.0 Å². The van der Waals surface area contributed by atoms with Gasteiger partial charge in [-0.05, 0) is 55.0 Å². The molecule has 0 fully saturated rings. The summed E-state index contributed by atoms with van der Waals surface area (Å²) in [6, 6.07) is 15.7. The minimum Gasteiger partial charge on any atom is -0.463 e. The summed E-state index contributed by atoms with van der Waals surface area (Å²) in [4.78, 5) is 38.3. The fraction of sp³-hybridized carbons (Fsp3) is 0.0741. The molecule has 0 atom stereocenters. The molecule has 0 saturated carbocycles. The number of hydrogen-bond acceptors (Lipinski definition) is 6. The number of hydrogen-bond donors (Lipinski definition) is 1. The molecule has 8 nitrogen and oxygen atoms in total. The first-order chi connectivity index (χ1) is 17.8. The highest BCUT2D eigenvalue weighted by molar-refractivity contribution is 6.32. The standard InChI is InChI=1S/C27H18ClFN4O4/c1-15-10-23-21(11-22(15)28)26(35)17(14-37-23)12-30-31-24(34)13-33-27(36)20-5-3-2-4-19(20)25(32-33)16-6-8-18(29)9-7-16/h2-12,14H,13H2,1H3,(H,31,34)/b30-12+. The van der Waals surface area contributed by atoms with Crippen molar-refractivity contribution in [3.63, 3.8) is 0 Å². The quantitative estimate of drug-likeness (QED) is 0.275. The van der Waals surface area contributed by atoms with Crippen LogP contribution < -0.4 is 16.4 Å². The van der Waals surface area contributed by atoms with Gasteiger partial charge in [0.15, 0.2) is 0 Å². The van der Waals surface area contributed by atoms with Crippen molar-refractivity contribution in [3.05, 3.63) is 109 Å². The lowest BCUT2D eigenvalue weighted by molar-refractivity contribution is -0.121. The number of benzene rings is 3. The first-order valence-corrected chi connectivity index (χ1v) is 11.5. The molecule has 10 heteroatoms. The van der Waals surface area contributed by atoms with E-state index >= 15 is 0 Å². The number of halogens is 2. The summed E-state index contributed by atoms with van der Waals surface area (Å²) in [5.41, 5.74) is 3.73. The van der Waals surface area contributed by atoms with Gasteiger partial charge in [0.05, 0.1) is 28.2 Å². The van der Waals surface area contributed by atoms with Crippen molar-refractivity contribution in [3.8, 4) is 11.3 Å². The van der Waals surface area contributed by atoms with E-state index in [0.29, 0.717) is 32.6 Å². The Kier molecular flexibility index (Phi) is 6.37. The van der Waals surface area contributed by atoms with Crippen molar-refractivity contribution < 1.29 is 13.6 Å². The first kappa shape index (κ1) is 24.1. The van der Waals surface area contributed by atoms with Crippen molar-refractivity contribution in [2.24, 2.45) is 5.10 Å². The van der Waals surface area contributed by atoms with Crippen LogP contribution in [0.4, 0.5) is 4.39 Å². The van der Waals surface area contributed by atoms with Gasteiger partial charge in [0.25, 0.3) is 11.5 Å². The molecule has 5 aromatic rings. The van der Waals surface area contributed by atoms with Crippen LogP contribution in [-0.4, -0.2) is 21.9 Å². The number of nitrogens with one attached hydrogen (secondary N) is 1. The van der Waals surface area contributed by atoms with Gasteiger partial charge in [-0.2, -0.15) is 10.2 Å². The van der Waals surface area contributed by atoms with Gasteiger partial charge in [-0.1, -0.05) is 29.8 Å². The third-order valence-corrected chi connectivity index (χ3v) is 6.16. The van der Waals surface area contributed by atoms with Crippen LogP contribution in [0.5, 0.6) is 0 Å². The highest BCUT2D eigenvalue weighted by Crippen LogP contribution is 2.25. The van der Waals surface area contributed by atoms with Crippen molar-refractivity contribution in [1.82, 2.24) is 15.2 Å². The van der Waals surface area contributed by atoms with Gasteiger partial charge in [-0.25, -0.2) is 14.5 Å². The van der Waals surface area contributed by atoms with Gasteiger partial charge in [0.1, 0.15) is 24.2 Å². The molecule has 0 unspecified atom stereocenters. The fourth-order valence-corrected chi connectivity index (χ4v) is 4.03. The van der Waals surface area contributed by atoms with E-state index in [1.165, 1.54) is 24.5 Å². The number of nitrogens with zero attached hydrogens (tertiary/aromatic N) is 3. The highest BCUT2D eigenvalue weighted by Gasteiger charge is 2.14. The van der Waals surface area contributed by atoms with Gasteiger partial charge >= 0.3 is 0 Å². The number of carbonyl (C=O) groups is 1. The Morgan fingerprint density at radius 1 is 1.11 bits per heavy atom. The number of aromatic nitrogens is 2. The van der Waals surface area contributed by atoms with Crippen LogP contribution in [0.15, 0.2) is 86.0 Å². The maximum absolute atomic E-state index is 13.4. The van der Waals surface area contributed by atoms with Crippen molar-refractivity contribution in [2.45, 2.75) is 13.5 Å². The third-order valence-electron chi connectivity index (χ3n) is 5.75. The lowest BCUT2D eigenvalue weighted by atomic mass is 10.1. The number of amides is 1. The number of hydrazone groups is 1. The number of carbonyl (C=O) groups excluding carboxylic acids is 1. The second-order valence-electron chi connectivity index (χ2n) is 8.27. The van der Waals surface area contributed by atoms with E-state index in [0.717, 1.165) is 16.5 Å². The molecule has 184 valence electrons. The van der Waals surface area contributed by atoms with Crippen LogP contribution in [-0.2, 0) is 11.3 Å². The average molecular weight is 517 g/mol. The number of rotatable bonds is 5. The minimum atomic E-state index is -0.643. The predicted octanol–water partition coefficient (Wildman–Crippen LogP) is 4.42. The summed E-state index contributed by atoms with van der Waals surface area (Å²) < 4.78 is 19.9. The molecule has 5 rings (SSSR count). The summed E-state index contributed by atoms with van der Waals surface area (Å²) in [6.07, 6.45) is 2.38. The van der Waals surface area contributed by atoms with E-state index in [4.69, 9.17) is 16.0 Å². The van der Waals surface area contributed by atoms with E-state index in [9.17, 15) is 18.8 Å². The molecule has 3 aromatic carbocycles. The van der Waals surface area contributed by atoms with E-state index in [1.54, 1.807) is 49.4 Å². The molecule has 0 bridgehead atoms. The molecule has 0 spiro atoms. The smallest absolute Gasteiger partial charge is 0.275 e. The average Bonchev–Trinajstić information content (AvgIpc) is 2.89. The molecule has 2 heterocycles. The fourth-order valence-electron chi connectivity index (χ4n) is 3.86. The molecule has 0 radical (unpaired) electrons. The van der Waals surface area contributed by atoms with Crippen LogP contribution in [0.3, 0.4) is 0 Å². The zero-order valence-electron chi connectivity index (χ0n) is 19.4. The largest absolute Gasteiger partial charge is 0.463 e. The normalized spacial score (nSPS) is 11.4. The molecule has 0 saturated heterocycles. The van der Waals surface area contributed by atoms with E-state index < -0.39 is 23.8 Å². The summed E-state index contributed by atoms with van der Waals surface area (Å²) in [6.45, 7) is 1.36. The first-order valence-electron chi connectivity index (χ1n) is 11.1. The van der Waals surface area contributed by atoms with Crippen LogP contribution in [0.2, 0.25) is 5.02 Å². The molecular weight excluding hydrogens is 499 g/mol. The Hall–Kier alpha value is -4.63. The maximum atomic E-state index is 13.4. The highest BCUT2D eigenvalue weighted by atomic mass is 35.5. The predicted molar refractivity (Wildman–Crippen MR) is 139 cm³/mol. The van der Waals surface area contributed by atoms with E-state index in [2.05, 4.69) is 15.6 Å². The lowest BCUT2D eigenvalue weighted by Crippen LogP contribution is -2.32. The Morgan fingerprint density at radius 3 is 2.59 bits per heavy atom. The second-order valence-corrected chi connectivity index (χ2v) is 8.68. The Bertz CT molecular complexity index is 1830. The van der Waals surface area contributed by atoms with Crippen LogP contribution in [0, 0.1) is 12.7 Å². The molecule has 37 heavy (non-hydrogen) atoms. The topological polar surface area (TPSA) is 107 Å². The Balaban J connectivity index is 1.41. The lowest BCUT2D eigenvalue weighted by Gasteiger charge is -2.10. The summed E-state index contributed by atoms with van der Waals surface area (Å²) in [5, 5.41) is 9.83. The zero-order valence-corrected chi connectivity index (χ0v) is 20.1. The van der Waals surface area contributed by atoms with Gasteiger partial charge in [0.2, 0.25) is 5.43 Å². The van der Waals surface area contributed by atoms with Gasteiger partial charge in [-0.3, -0.25) is 14.4 Å². The summed E-state index contributed by atoms with van der Waals surface area (Å²) in [5.74, 6) is -1.05. The Morgan fingerprint density at radius 2 is 1.84 bits per heavy atom. The summed E-state index contributed by atoms with van der Waals surface area (Å²) in [7, 11) is 0. The van der Waals surface area contributed by atoms with Crippen LogP contribution in [0.1, 0.15) is 11.1 Å². The van der Waals surface area contributed by atoms with Gasteiger partial charge in [0, 0.05) is 16.0 Å². The molecule has 0 aliphatic rings.